The third kappa shape index (κ3) is 2.67. The predicted molar refractivity (Wildman–Crippen MR) is 80.9 cm³/mol. The van der Waals surface area contributed by atoms with Crippen LogP contribution in [0.5, 0.6) is 5.75 Å². The van der Waals surface area contributed by atoms with Gasteiger partial charge in [-0.3, -0.25) is 0 Å². The molecule has 1 aromatic carbocycles. The fourth-order valence-electron chi connectivity index (χ4n) is 2.98. The molecular formula is C15H22BrNO2. The van der Waals surface area contributed by atoms with Crippen LogP contribution in [0.2, 0.25) is 0 Å². The van der Waals surface area contributed by atoms with Gasteiger partial charge in [0.05, 0.1) is 20.3 Å². The van der Waals surface area contributed by atoms with Crippen LogP contribution < -0.4 is 10.1 Å². The Labute approximate surface area is 123 Å². The molecule has 3 nitrogen and oxygen atoms in total. The van der Waals surface area contributed by atoms with Gasteiger partial charge in [0.1, 0.15) is 5.75 Å². The summed E-state index contributed by atoms with van der Waals surface area (Å²) in [5, 5.41) is 3.31. The average molecular weight is 328 g/mol. The molecule has 0 aliphatic carbocycles. The molecule has 0 amide bonds. The lowest BCUT2D eigenvalue weighted by Crippen LogP contribution is -2.54. The van der Waals surface area contributed by atoms with E-state index >= 15 is 0 Å². The largest absolute Gasteiger partial charge is 0.496 e. The van der Waals surface area contributed by atoms with Crippen LogP contribution in [0.25, 0.3) is 0 Å². The minimum atomic E-state index is 0.0763. The second kappa shape index (κ2) is 6.25. The summed E-state index contributed by atoms with van der Waals surface area (Å²) in [4.78, 5) is 0. The standard InChI is InChI=1S/C15H22BrNO2/c1-4-11(8-17-2)15(9-19-10-15)13-7-12(16)5-6-14(13)18-3/h5-7,11,17H,4,8-10H2,1-3H3. The van der Waals surface area contributed by atoms with Gasteiger partial charge >= 0.3 is 0 Å². The maximum atomic E-state index is 5.56. The molecule has 1 aliphatic rings. The van der Waals surface area contributed by atoms with E-state index in [1.54, 1.807) is 7.11 Å². The van der Waals surface area contributed by atoms with Crippen molar-refractivity contribution in [2.24, 2.45) is 5.92 Å². The zero-order valence-corrected chi connectivity index (χ0v) is 13.4. The van der Waals surface area contributed by atoms with Gasteiger partial charge in [0.25, 0.3) is 0 Å². The Balaban J connectivity index is 2.43. The summed E-state index contributed by atoms with van der Waals surface area (Å²) in [6.45, 7) is 4.79. The molecule has 1 aliphatic heterocycles. The molecule has 0 spiro atoms. The maximum Gasteiger partial charge on any atom is 0.122 e. The number of methoxy groups -OCH3 is 1. The van der Waals surface area contributed by atoms with E-state index in [2.05, 4.69) is 34.2 Å². The smallest absolute Gasteiger partial charge is 0.122 e. The average Bonchev–Trinajstić information content (AvgIpc) is 2.36. The minimum Gasteiger partial charge on any atom is -0.496 e. The molecule has 1 N–H and O–H groups in total. The molecule has 106 valence electrons. The molecule has 1 unspecified atom stereocenters. The number of ether oxygens (including phenoxy) is 2. The number of benzene rings is 1. The summed E-state index contributed by atoms with van der Waals surface area (Å²) in [7, 11) is 3.74. The van der Waals surface area contributed by atoms with E-state index in [0.29, 0.717) is 5.92 Å². The predicted octanol–water partition coefficient (Wildman–Crippen LogP) is 2.97. The van der Waals surface area contributed by atoms with Crippen LogP contribution in [-0.2, 0) is 10.2 Å². The van der Waals surface area contributed by atoms with Crippen molar-refractivity contribution in [3.63, 3.8) is 0 Å². The van der Waals surface area contributed by atoms with Crippen molar-refractivity contribution in [3.05, 3.63) is 28.2 Å². The second-order valence-electron chi connectivity index (χ2n) is 5.16. The van der Waals surface area contributed by atoms with Crippen LogP contribution in [-0.4, -0.2) is 33.9 Å². The molecule has 0 saturated carbocycles. The lowest BCUT2D eigenvalue weighted by Gasteiger charge is -2.48. The molecule has 2 rings (SSSR count). The summed E-state index contributed by atoms with van der Waals surface area (Å²) in [5.74, 6) is 1.51. The van der Waals surface area contributed by atoms with Gasteiger partial charge in [-0.25, -0.2) is 0 Å². The highest BCUT2D eigenvalue weighted by Gasteiger charge is 2.47. The van der Waals surface area contributed by atoms with Crippen molar-refractivity contribution in [1.29, 1.82) is 0 Å². The van der Waals surface area contributed by atoms with E-state index in [-0.39, 0.29) is 5.41 Å². The molecule has 0 radical (unpaired) electrons. The molecular weight excluding hydrogens is 306 g/mol. The van der Waals surface area contributed by atoms with E-state index in [4.69, 9.17) is 9.47 Å². The number of nitrogens with one attached hydrogen (secondary N) is 1. The zero-order valence-electron chi connectivity index (χ0n) is 11.8. The molecule has 1 saturated heterocycles. The Morgan fingerprint density at radius 2 is 2.21 bits per heavy atom. The minimum absolute atomic E-state index is 0.0763. The van der Waals surface area contributed by atoms with Gasteiger partial charge in [0, 0.05) is 15.5 Å². The molecule has 1 aromatic rings. The SMILES string of the molecule is CCC(CNC)C1(c2cc(Br)ccc2OC)COC1. The number of hydrogen-bond acceptors (Lipinski definition) is 3. The Bertz CT molecular complexity index is 432. The Morgan fingerprint density at radius 3 is 2.68 bits per heavy atom. The molecule has 4 heteroatoms. The third-order valence-electron chi connectivity index (χ3n) is 4.14. The lowest BCUT2D eigenvalue weighted by atomic mass is 9.67. The van der Waals surface area contributed by atoms with Gasteiger partial charge in [-0.2, -0.15) is 0 Å². The van der Waals surface area contributed by atoms with Crippen molar-refractivity contribution in [2.45, 2.75) is 18.8 Å². The van der Waals surface area contributed by atoms with Crippen molar-refractivity contribution in [2.75, 3.05) is 33.9 Å². The van der Waals surface area contributed by atoms with E-state index in [1.165, 1.54) is 5.56 Å². The van der Waals surface area contributed by atoms with Crippen LogP contribution in [0.4, 0.5) is 0 Å². The van der Waals surface area contributed by atoms with Crippen LogP contribution in [0.1, 0.15) is 18.9 Å². The summed E-state index contributed by atoms with van der Waals surface area (Å²) < 4.78 is 12.2. The van der Waals surface area contributed by atoms with Gasteiger partial charge in [-0.15, -0.1) is 0 Å². The van der Waals surface area contributed by atoms with Gasteiger partial charge in [0.15, 0.2) is 0 Å². The quantitative estimate of drug-likeness (QED) is 0.871. The third-order valence-corrected chi connectivity index (χ3v) is 4.64. The summed E-state index contributed by atoms with van der Waals surface area (Å²) in [6, 6.07) is 6.24. The topological polar surface area (TPSA) is 30.5 Å². The molecule has 19 heavy (non-hydrogen) atoms. The normalized spacial score (nSPS) is 18.7. The molecule has 1 fully saturated rings. The monoisotopic (exact) mass is 327 g/mol. The van der Waals surface area contributed by atoms with Crippen molar-refractivity contribution < 1.29 is 9.47 Å². The van der Waals surface area contributed by atoms with Crippen molar-refractivity contribution in [3.8, 4) is 5.75 Å². The van der Waals surface area contributed by atoms with Gasteiger partial charge in [-0.05, 0) is 37.7 Å². The summed E-state index contributed by atoms with van der Waals surface area (Å²) in [6.07, 6.45) is 1.12. The first kappa shape index (κ1) is 14.8. The Kier molecular flexibility index (Phi) is 4.87. The van der Waals surface area contributed by atoms with Crippen LogP contribution >= 0.6 is 15.9 Å². The molecule has 1 heterocycles. The second-order valence-corrected chi connectivity index (χ2v) is 6.07. The summed E-state index contributed by atoms with van der Waals surface area (Å²) >= 11 is 3.57. The number of rotatable bonds is 6. The fourth-order valence-corrected chi connectivity index (χ4v) is 3.34. The number of hydrogen-bond donors (Lipinski definition) is 1. The lowest BCUT2D eigenvalue weighted by molar-refractivity contribution is -0.0918. The first-order chi connectivity index (χ1) is 9.17. The van der Waals surface area contributed by atoms with E-state index in [9.17, 15) is 0 Å². The van der Waals surface area contributed by atoms with Gasteiger partial charge in [-0.1, -0.05) is 29.3 Å². The highest BCUT2D eigenvalue weighted by molar-refractivity contribution is 9.10. The first-order valence-electron chi connectivity index (χ1n) is 6.74. The van der Waals surface area contributed by atoms with Crippen LogP contribution in [0.3, 0.4) is 0 Å². The van der Waals surface area contributed by atoms with Crippen LogP contribution in [0, 0.1) is 5.92 Å². The van der Waals surface area contributed by atoms with Crippen LogP contribution in [0.15, 0.2) is 22.7 Å². The van der Waals surface area contributed by atoms with Crippen molar-refractivity contribution >= 4 is 15.9 Å². The Hall–Kier alpha value is -0.580. The van der Waals surface area contributed by atoms with E-state index in [0.717, 1.165) is 36.4 Å². The molecule has 1 atom stereocenters. The summed E-state index contributed by atoms with van der Waals surface area (Å²) in [5.41, 5.74) is 1.34. The Morgan fingerprint density at radius 1 is 1.47 bits per heavy atom. The van der Waals surface area contributed by atoms with E-state index in [1.807, 2.05) is 19.2 Å². The number of halogens is 1. The van der Waals surface area contributed by atoms with Gasteiger partial charge < -0.3 is 14.8 Å². The maximum absolute atomic E-state index is 5.56. The fraction of sp³-hybridized carbons (Fsp3) is 0.600. The van der Waals surface area contributed by atoms with Gasteiger partial charge in [0.2, 0.25) is 0 Å². The van der Waals surface area contributed by atoms with Crippen molar-refractivity contribution in [1.82, 2.24) is 5.32 Å². The highest BCUT2D eigenvalue weighted by atomic mass is 79.9. The first-order valence-corrected chi connectivity index (χ1v) is 7.53. The van der Waals surface area contributed by atoms with E-state index < -0.39 is 0 Å². The molecule has 0 aromatic heterocycles. The molecule has 0 bridgehead atoms. The highest BCUT2D eigenvalue weighted by Crippen LogP contribution is 2.45. The zero-order chi connectivity index (χ0) is 13.9.